The first-order valence-corrected chi connectivity index (χ1v) is 13.1. The molecule has 0 spiro atoms. The summed E-state index contributed by atoms with van der Waals surface area (Å²) in [5, 5.41) is 8.76. The number of methoxy groups -OCH3 is 1. The molecular weight excluding hydrogens is 488 g/mol. The maximum Gasteiger partial charge on any atom is 0.182 e. The molecule has 4 aromatic rings. The van der Waals surface area contributed by atoms with E-state index in [1.165, 1.54) is 19.2 Å². The van der Waals surface area contributed by atoms with Gasteiger partial charge in [-0.25, -0.2) is 18.7 Å². The Hall–Kier alpha value is -3.59. The van der Waals surface area contributed by atoms with E-state index in [-0.39, 0.29) is 24.5 Å². The topological polar surface area (TPSA) is 74.1 Å². The van der Waals surface area contributed by atoms with Crippen molar-refractivity contribution in [3.63, 3.8) is 0 Å². The van der Waals surface area contributed by atoms with Crippen LogP contribution in [-0.4, -0.2) is 47.1 Å². The highest BCUT2D eigenvalue weighted by molar-refractivity contribution is 5.91. The molecule has 9 heteroatoms. The van der Waals surface area contributed by atoms with Crippen LogP contribution in [0, 0.1) is 11.6 Å². The molecule has 0 aliphatic rings. The number of rotatable bonds is 13. The number of aromatic nitrogens is 4. The van der Waals surface area contributed by atoms with Crippen LogP contribution in [0.1, 0.15) is 56.6 Å². The van der Waals surface area contributed by atoms with Crippen LogP contribution in [-0.2, 0) is 11.3 Å². The molecule has 1 N–H and O–H groups in total. The number of nitrogens with zero attached hydrogens (tertiary/aromatic N) is 4. The number of halogens is 2. The van der Waals surface area contributed by atoms with Gasteiger partial charge in [0.15, 0.2) is 5.82 Å². The Morgan fingerprint density at radius 1 is 1.03 bits per heavy atom. The number of anilines is 1. The summed E-state index contributed by atoms with van der Waals surface area (Å²) >= 11 is 0. The zero-order valence-electron chi connectivity index (χ0n) is 22.4. The van der Waals surface area contributed by atoms with Crippen LogP contribution in [0.25, 0.3) is 22.4 Å². The maximum atomic E-state index is 15.0. The van der Waals surface area contributed by atoms with Crippen molar-refractivity contribution in [2.24, 2.45) is 0 Å². The van der Waals surface area contributed by atoms with Gasteiger partial charge >= 0.3 is 0 Å². The molecule has 2 aromatic carbocycles. The minimum atomic E-state index is -0.700. The number of ether oxygens (including phenoxy) is 2. The molecule has 0 saturated carbocycles. The molecule has 202 valence electrons. The summed E-state index contributed by atoms with van der Waals surface area (Å²) in [5.74, 6) is 0.334. The number of hydrogen-bond acceptors (Lipinski definition) is 6. The molecule has 2 heterocycles. The molecule has 38 heavy (non-hydrogen) atoms. The first kappa shape index (κ1) is 27.4. The molecule has 0 atom stereocenters. The standard InChI is InChI=1S/C29H35F2N5O2/c1-5-9-19(10-6-2)22-17-33-29(34-28(22)32-3)27-21-11-7-8-12-26(21)36(35-27)18-23-24(30)15-20(16-25(23)31)38-14-13-37-4/h7-8,11-12,15-17,19H,5-6,9-10,13-14,18H2,1-4H3,(H,32,33,34). The third-order valence-corrected chi connectivity index (χ3v) is 6.62. The third kappa shape index (κ3) is 5.93. The highest BCUT2D eigenvalue weighted by Crippen LogP contribution is 2.33. The van der Waals surface area contributed by atoms with Gasteiger partial charge in [0.2, 0.25) is 0 Å². The summed E-state index contributed by atoms with van der Waals surface area (Å²) in [6, 6.07) is 9.93. The van der Waals surface area contributed by atoms with Crippen LogP contribution in [0.5, 0.6) is 5.75 Å². The van der Waals surface area contributed by atoms with E-state index in [0.717, 1.165) is 48.0 Å². The van der Waals surface area contributed by atoms with Crippen molar-refractivity contribution in [1.29, 1.82) is 0 Å². The van der Waals surface area contributed by atoms with Gasteiger partial charge in [0.05, 0.1) is 18.7 Å². The van der Waals surface area contributed by atoms with Gasteiger partial charge in [-0.2, -0.15) is 5.10 Å². The SMILES string of the molecule is CCCC(CCC)c1cnc(-c2nn(Cc3c(F)cc(OCCOC)cc3F)c3ccccc23)nc1NC. The Balaban J connectivity index is 1.71. The minimum absolute atomic E-state index is 0.0947. The van der Waals surface area contributed by atoms with E-state index in [1.54, 1.807) is 4.68 Å². The second-order valence-corrected chi connectivity index (χ2v) is 9.25. The fourth-order valence-electron chi connectivity index (χ4n) is 4.78. The van der Waals surface area contributed by atoms with Crippen LogP contribution in [0.3, 0.4) is 0 Å². The van der Waals surface area contributed by atoms with Crippen molar-refractivity contribution < 1.29 is 18.3 Å². The van der Waals surface area contributed by atoms with E-state index in [0.29, 0.717) is 24.0 Å². The first-order chi connectivity index (χ1) is 18.5. The largest absolute Gasteiger partial charge is 0.491 e. The molecule has 0 bridgehead atoms. The average molecular weight is 524 g/mol. The number of benzene rings is 2. The normalized spacial score (nSPS) is 11.4. The fraction of sp³-hybridized carbons (Fsp3) is 0.414. The lowest BCUT2D eigenvalue weighted by Crippen LogP contribution is -2.09. The lowest BCUT2D eigenvalue weighted by molar-refractivity contribution is 0.146. The number of hydrogen-bond donors (Lipinski definition) is 1. The zero-order chi connectivity index (χ0) is 27.1. The molecule has 0 aliphatic heterocycles. The molecule has 0 amide bonds. The van der Waals surface area contributed by atoms with Crippen LogP contribution >= 0.6 is 0 Å². The van der Waals surface area contributed by atoms with Gasteiger partial charge in [-0.15, -0.1) is 0 Å². The zero-order valence-corrected chi connectivity index (χ0v) is 22.4. The van der Waals surface area contributed by atoms with E-state index in [2.05, 4.69) is 19.2 Å². The smallest absolute Gasteiger partial charge is 0.182 e. The lowest BCUT2D eigenvalue weighted by atomic mass is 9.91. The summed E-state index contributed by atoms with van der Waals surface area (Å²) in [6.45, 7) is 4.80. The van der Waals surface area contributed by atoms with Crippen molar-refractivity contribution >= 4 is 16.7 Å². The molecule has 0 unspecified atom stereocenters. The van der Waals surface area contributed by atoms with Crippen molar-refractivity contribution in [1.82, 2.24) is 19.7 Å². The summed E-state index contributed by atoms with van der Waals surface area (Å²) < 4.78 is 41.8. The molecule has 7 nitrogen and oxygen atoms in total. The van der Waals surface area contributed by atoms with Crippen LogP contribution in [0.2, 0.25) is 0 Å². The van der Waals surface area contributed by atoms with Gasteiger partial charge in [0, 0.05) is 49.0 Å². The number of para-hydroxylation sites is 1. The number of fused-ring (bicyclic) bond motifs is 1. The van der Waals surface area contributed by atoms with Gasteiger partial charge in [0.1, 0.15) is 35.5 Å². The van der Waals surface area contributed by atoms with Crippen LogP contribution < -0.4 is 10.1 Å². The van der Waals surface area contributed by atoms with Gasteiger partial charge < -0.3 is 14.8 Å². The summed E-state index contributed by atoms with van der Waals surface area (Å²) in [4.78, 5) is 9.52. The van der Waals surface area contributed by atoms with Gasteiger partial charge in [0.25, 0.3) is 0 Å². The lowest BCUT2D eigenvalue weighted by Gasteiger charge is -2.18. The van der Waals surface area contributed by atoms with Crippen molar-refractivity contribution in [3.8, 4) is 17.3 Å². The second-order valence-electron chi connectivity index (χ2n) is 9.25. The predicted molar refractivity (Wildman–Crippen MR) is 146 cm³/mol. The summed E-state index contributed by atoms with van der Waals surface area (Å²) in [6.07, 6.45) is 6.18. The van der Waals surface area contributed by atoms with E-state index in [4.69, 9.17) is 24.5 Å². The van der Waals surface area contributed by atoms with Gasteiger partial charge in [-0.1, -0.05) is 44.9 Å². The maximum absolute atomic E-state index is 15.0. The van der Waals surface area contributed by atoms with Crippen molar-refractivity contribution in [3.05, 3.63) is 65.4 Å². The van der Waals surface area contributed by atoms with Crippen molar-refractivity contribution in [2.75, 3.05) is 32.7 Å². The molecule has 0 radical (unpaired) electrons. The molecule has 0 aliphatic carbocycles. The molecule has 0 saturated heterocycles. The van der Waals surface area contributed by atoms with Crippen molar-refractivity contribution in [2.45, 2.75) is 52.0 Å². The third-order valence-electron chi connectivity index (χ3n) is 6.62. The van der Waals surface area contributed by atoms with Crippen LogP contribution in [0.15, 0.2) is 42.6 Å². The van der Waals surface area contributed by atoms with E-state index < -0.39 is 11.6 Å². The quantitative estimate of drug-likeness (QED) is 0.200. The Morgan fingerprint density at radius 2 is 1.74 bits per heavy atom. The summed E-state index contributed by atoms with van der Waals surface area (Å²) in [5.41, 5.74) is 2.29. The Labute approximate surface area is 222 Å². The fourth-order valence-corrected chi connectivity index (χ4v) is 4.78. The van der Waals surface area contributed by atoms with E-state index in [1.807, 2.05) is 37.5 Å². The first-order valence-electron chi connectivity index (χ1n) is 13.1. The van der Waals surface area contributed by atoms with E-state index >= 15 is 0 Å². The monoisotopic (exact) mass is 523 g/mol. The predicted octanol–water partition coefficient (Wildman–Crippen LogP) is 6.57. The Bertz CT molecular complexity index is 1350. The summed E-state index contributed by atoms with van der Waals surface area (Å²) in [7, 11) is 3.39. The molecular formula is C29H35F2N5O2. The Kier molecular flexibility index (Phi) is 9.23. The average Bonchev–Trinajstić information content (AvgIpc) is 3.29. The Morgan fingerprint density at radius 3 is 2.39 bits per heavy atom. The van der Waals surface area contributed by atoms with Crippen LogP contribution in [0.4, 0.5) is 14.6 Å². The van der Waals surface area contributed by atoms with Gasteiger partial charge in [-0.3, -0.25) is 4.68 Å². The minimum Gasteiger partial charge on any atom is -0.491 e. The van der Waals surface area contributed by atoms with E-state index in [9.17, 15) is 8.78 Å². The molecule has 2 aromatic heterocycles. The molecule has 0 fully saturated rings. The van der Waals surface area contributed by atoms with Gasteiger partial charge in [-0.05, 0) is 24.8 Å². The second kappa shape index (κ2) is 12.8. The number of nitrogens with one attached hydrogen (secondary N) is 1. The highest BCUT2D eigenvalue weighted by atomic mass is 19.1. The molecule has 4 rings (SSSR count). The highest BCUT2D eigenvalue weighted by Gasteiger charge is 2.21.